The highest BCUT2D eigenvalue weighted by atomic mass is 79.9. The first-order valence-corrected chi connectivity index (χ1v) is 8.02. The first kappa shape index (κ1) is 16.2. The molecule has 114 valence electrons. The van der Waals surface area contributed by atoms with Gasteiger partial charge in [-0.3, -0.25) is 4.68 Å². The Morgan fingerprint density at radius 1 is 1.38 bits per heavy atom. The fourth-order valence-electron chi connectivity index (χ4n) is 2.54. The van der Waals surface area contributed by atoms with Gasteiger partial charge in [0.05, 0.1) is 15.9 Å². The van der Waals surface area contributed by atoms with Gasteiger partial charge in [-0.1, -0.05) is 13.0 Å². The molecule has 2 aromatic rings. The Labute approximate surface area is 133 Å². The summed E-state index contributed by atoms with van der Waals surface area (Å²) in [4.78, 5) is 0. The smallest absolute Gasteiger partial charge is 0.123 e. The molecule has 0 aliphatic carbocycles. The highest BCUT2D eigenvalue weighted by Gasteiger charge is 2.18. The second-order valence-corrected chi connectivity index (χ2v) is 5.98. The van der Waals surface area contributed by atoms with Crippen molar-refractivity contribution in [1.82, 2.24) is 9.78 Å². The van der Waals surface area contributed by atoms with Gasteiger partial charge in [-0.05, 0) is 59.5 Å². The van der Waals surface area contributed by atoms with Crippen LogP contribution in [0.1, 0.15) is 42.4 Å². The van der Waals surface area contributed by atoms with E-state index in [0.29, 0.717) is 6.42 Å². The van der Waals surface area contributed by atoms with Crippen LogP contribution in [0.3, 0.4) is 0 Å². The van der Waals surface area contributed by atoms with Crippen LogP contribution in [-0.2, 0) is 19.4 Å². The molecule has 0 radical (unpaired) electrons. The number of nitrogens with two attached hydrogens (primary N) is 1. The Morgan fingerprint density at radius 2 is 2.10 bits per heavy atom. The predicted molar refractivity (Wildman–Crippen MR) is 86.7 cm³/mol. The van der Waals surface area contributed by atoms with Crippen molar-refractivity contribution >= 4 is 15.9 Å². The quantitative estimate of drug-likeness (QED) is 0.885. The predicted octanol–water partition coefficient (Wildman–Crippen LogP) is 3.92. The zero-order valence-electron chi connectivity index (χ0n) is 12.7. The second-order valence-electron chi connectivity index (χ2n) is 5.19. The molecule has 1 atom stereocenters. The van der Waals surface area contributed by atoms with Gasteiger partial charge >= 0.3 is 0 Å². The van der Waals surface area contributed by atoms with E-state index in [2.05, 4.69) is 34.9 Å². The summed E-state index contributed by atoms with van der Waals surface area (Å²) in [6, 6.07) is 4.52. The van der Waals surface area contributed by atoms with Crippen molar-refractivity contribution in [3.05, 3.63) is 51.0 Å². The molecule has 0 bridgehead atoms. The SMILES string of the molecule is CCc1nn(CC)c(CC(N)c2cc(F)ccc2C)c1Br. The molecule has 0 saturated heterocycles. The number of nitrogens with zero attached hydrogens (tertiary/aromatic N) is 2. The van der Waals surface area contributed by atoms with Gasteiger partial charge in [0.25, 0.3) is 0 Å². The summed E-state index contributed by atoms with van der Waals surface area (Å²) in [6.07, 6.45) is 1.50. The standard InChI is InChI=1S/C16H21BrFN3/c1-4-14-16(17)15(21(5-2)20-14)9-13(19)12-8-11(18)7-6-10(12)3/h6-8,13H,4-5,9,19H2,1-3H3. The van der Waals surface area contributed by atoms with Gasteiger partial charge < -0.3 is 5.73 Å². The minimum Gasteiger partial charge on any atom is -0.324 e. The van der Waals surface area contributed by atoms with Gasteiger partial charge in [-0.25, -0.2) is 4.39 Å². The summed E-state index contributed by atoms with van der Waals surface area (Å²) >= 11 is 3.62. The van der Waals surface area contributed by atoms with E-state index in [1.807, 2.05) is 11.6 Å². The lowest BCUT2D eigenvalue weighted by atomic mass is 9.98. The highest BCUT2D eigenvalue weighted by molar-refractivity contribution is 9.10. The molecule has 3 nitrogen and oxygen atoms in total. The molecule has 2 rings (SSSR count). The Balaban J connectivity index is 2.33. The van der Waals surface area contributed by atoms with E-state index < -0.39 is 0 Å². The molecule has 1 aromatic carbocycles. The van der Waals surface area contributed by atoms with Crippen molar-refractivity contribution in [2.75, 3.05) is 0 Å². The molecule has 0 aliphatic heterocycles. The van der Waals surface area contributed by atoms with Gasteiger partial charge in [0.1, 0.15) is 5.82 Å². The average molecular weight is 354 g/mol. The lowest BCUT2D eigenvalue weighted by Gasteiger charge is -2.16. The molecule has 0 saturated carbocycles. The van der Waals surface area contributed by atoms with Gasteiger partial charge in [0, 0.05) is 19.0 Å². The minimum absolute atomic E-state index is 0.247. The molecule has 0 spiro atoms. The maximum absolute atomic E-state index is 13.4. The van der Waals surface area contributed by atoms with Crippen LogP contribution in [0.5, 0.6) is 0 Å². The summed E-state index contributed by atoms with van der Waals surface area (Å²) in [5, 5.41) is 4.57. The van der Waals surface area contributed by atoms with Crippen LogP contribution in [0.4, 0.5) is 4.39 Å². The summed E-state index contributed by atoms with van der Waals surface area (Å²) < 4.78 is 16.4. The first-order chi connectivity index (χ1) is 9.97. The Kier molecular flexibility index (Phi) is 5.17. The molecule has 0 fully saturated rings. The topological polar surface area (TPSA) is 43.8 Å². The van der Waals surface area contributed by atoms with Crippen LogP contribution in [-0.4, -0.2) is 9.78 Å². The molecule has 5 heteroatoms. The second kappa shape index (κ2) is 6.71. The number of hydrogen-bond acceptors (Lipinski definition) is 2. The molecule has 1 heterocycles. The summed E-state index contributed by atoms with van der Waals surface area (Å²) in [5.74, 6) is -0.247. The maximum atomic E-state index is 13.4. The van der Waals surface area contributed by atoms with Crippen LogP contribution >= 0.6 is 15.9 Å². The van der Waals surface area contributed by atoms with E-state index in [4.69, 9.17) is 5.73 Å². The maximum Gasteiger partial charge on any atom is 0.123 e. The van der Waals surface area contributed by atoms with Crippen molar-refractivity contribution in [3.63, 3.8) is 0 Å². The monoisotopic (exact) mass is 353 g/mol. The molecule has 1 unspecified atom stereocenters. The van der Waals surface area contributed by atoms with Gasteiger partial charge in [0.2, 0.25) is 0 Å². The first-order valence-electron chi connectivity index (χ1n) is 7.23. The zero-order valence-corrected chi connectivity index (χ0v) is 14.2. The van der Waals surface area contributed by atoms with Crippen LogP contribution in [0.25, 0.3) is 0 Å². The van der Waals surface area contributed by atoms with E-state index in [-0.39, 0.29) is 11.9 Å². The molecule has 1 aromatic heterocycles. The summed E-state index contributed by atoms with van der Waals surface area (Å²) in [5.41, 5.74) is 10.3. The van der Waals surface area contributed by atoms with E-state index in [9.17, 15) is 4.39 Å². The van der Waals surface area contributed by atoms with Crippen molar-refractivity contribution in [2.24, 2.45) is 5.73 Å². The van der Waals surface area contributed by atoms with Gasteiger partial charge in [-0.2, -0.15) is 5.10 Å². The lowest BCUT2D eigenvalue weighted by molar-refractivity contribution is 0.578. The van der Waals surface area contributed by atoms with Crippen LogP contribution in [0, 0.1) is 12.7 Å². The largest absolute Gasteiger partial charge is 0.324 e. The van der Waals surface area contributed by atoms with Gasteiger partial charge in [0.15, 0.2) is 0 Å². The van der Waals surface area contributed by atoms with Crippen molar-refractivity contribution in [2.45, 2.75) is 46.2 Å². The number of benzene rings is 1. The van der Waals surface area contributed by atoms with Crippen molar-refractivity contribution < 1.29 is 4.39 Å². The molecular weight excluding hydrogens is 333 g/mol. The van der Waals surface area contributed by atoms with Crippen LogP contribution in [0.2, 0.25) is 0 Å². The molecular formula is C16H21BrFN3. The fraction of sp³-hybridized carbons (Fsp3) is 0.438. The van der Waals surface area contributed by atoms with E-state index in [1.165, 1.54) is 12.1 Å². The normalized spacial score (nSPS) is 12.7. The van der Waals surface area contributed by atoms with Crippen molar-refractivity contribution in [1.29, 1.82) is 0 Å². The molecule has 21 heavy (non-hydrogen) atoms. The number of rotatable bonds is 5. The Bertz CT molecular complexity index is 637. The summed E-state index contributed by atoms with van der Waals surface area (Å²) in [6.45, 7) is 6.88. The third-order valence-electron chi connectivity index (χ3n) is 3.75. The van der Waals surface area contributed by atoms with E-state index >= 15 is 0 Å². The Morgan fingerprint density at radius 3 is 2.71 bits per heavy atom. The summed E-state index contributed by atoms with van der Waals surface area (Å²) in [7, 11) is 0. The third-order valence-corrected chi connectivity index (χ3v) is 4.66. The van der Waals surface area contributed by atoms with Crippen molar-refractivity contribution in [3.8, 4) is 0 Å². The number of aryl methyl sites for hydroxylation is 3. The lowest BCUT2D eigenvalue weighted by Crippen LogP contribution is -2.17. The zero-order chi connectivity index (χ0) is 15.6. The molecule has 0 aliphatic rings. The fourth-order valence-corrected chi connectivity index (χ4v) is 3.27. The van der Waals surface area contributed by atoms with E-state index in [1.54, 1.807) is 6.07 Å². The van der Waals surface area contributed by atoms with Crippen LogP contribution < -0.4 is 5.73 Å². The number of halogens is 2. The average Bonchev–Trinajstić information content (AvgIpc) is 2.77. The van der Waals surface area contributed by atoms with Crippen LogP contribution in [0.15, 0.2) is 22.7 Å². The number of aromatic nitrogens is 2. The number of hydrogen-bond donors (Lipinski definition) is 1. The van der Waals surface area contributed by atoms with E-state index in [0.717, 1.165) is 40.0 Å². The minimum atomic E-state index is -0.247. The molecule has 2 N–H and O–H groups in total. The van der Waals surface area contributed by atoms with Gasteiger partial charge in [-0.15, -0.1) is 0 Å². The third kappa shape index (κ3) is 3.35. The molecule has 0 amide bonds. The Hall–Kier alpha value is -1.20. The highest BCUT2D eigenvalue weighted by Crippen LogP contribution is 2.27.